The molecule has 0 unspecified atom stereocenters. The van der Waals surface area contributed by atoms with Crippen LogP contribution in [0.5, 0.6) is 11.5 Å². The van der Waals surface area contributed by atoms with Crippen LogP contribution in [0.1, 0.15) is 31.9 Å². The van der Waals surface area contributed by atoms with Gasteiger partial charge in [-0.2, -0.15) is 0 Å². The maximum Gasteiger partial charge on any atom is 0.410 e. The SMILES string of the molecule is CC(C)(C)OC(=O)N1CCc2cc3c(cc2C1)OCO3. The van der Waals surface area contributed by atoms with Crippen LogP contribution in [0.4, 0.5) is 4.79 Å². The second-order valence-corrected chi connectivity index (χ2v) is 6.13. The summed E-state index contributed by atoms with van der Waals surface area (Å²) in [6, 6.07) is 3.98. The molecule has 2 heterocycles. The second-order valence-electron chi connectivity index (χ2n) is 6.13. The van der Waals surface area contributed by atoms with Gasteiger partial charge in [0.1, 0.15) is 5.60 Å². The number of hydrogen-bond acceptors (Lipinski definition) is 4. The second kappa shape index (κ2) is 4.58. The Hall–Kier alpha value is -1.91. The Morgan fingerprint density at radius 1 is 1.20 bits per heavy atom. The van der Waals surface area contributed by atoms with E-state index in [-0.39, 0.29) is 12.9 Å². The predicted octanol–water partition coefficient (Wildman–Crippen LogP) is 2.71. The third-order valence-corrected chi connectivity index (χ3v) is 3.36. The van der Waals surface area contributed by atoms with Crippen molar-refractivity contribution in [2.75, 3.05) is 13.3 Å². The molecule has 0 bridgehead atoms. The van der Waals surface area contributed by atoms with Crippen LogP contribution < -0.4 is 9.47 Å². The number of ether oxygens (including phenoxy) is 3. The molecule has 0 aromatic heterocycles. The van der Waals surface area contributed by atoms with Crippen LogP contribution >= 0.6 is 0 Å². The molecule has 0 saturated heterocycles. The van der Waals surface area contributed by atoms with Gasteiger partial charge in [0.25, 0.3) is 0 Å². The normalized spacial score (nSPS) is 16.9. The van der Waals surface area contributed by atoms with E-state index in [9.17, 15) is 4.79 Å². The monoisotopic (exact) mass is 277 g/mol. The molecule has 0 atom stereocenters. The maximum atomic E-state index is 12.1. The molecule has 1 aromatic rings. The van der Waals surface area contributed by atoms with Crippen LogP contribution in [0, 0.1) is 0 Å². The zero-order valence-electron chi connectivity index (χ0n) is 12.1. The molecule has 2 aliphatic rings. The third kappa shape index (κ3) is 2.53. The first-order chi connectivity index (χ1) is 9.42. The van der Waals surface area contributed by atoms with E-state index in [0.29, 0.717) is 13.1 Å². The minimum Gasteiger partial charge on any atom is -0.454 e. The van der Waals surface area contributed by atoms with Crippen molar-refractivity contribution < 1.29 is 19.0 Å². The van der Waals surface area contributed by atoms with Crippen molar-refractivity contribution in [3.63, 3.8) is 0 Å². The molecule has 108 valence electrons. The zero-order chi connectivity index (χ0) is 14.3. The van der Waals surface area contributed by atoms with E-state index in [0.717, 1.165) is 23.5 Å². The van der Waals surface area contributed by atoms with Gasteiger partial charge in [-0.3, -0.25) is 0 Å². The fraction of sp³-hybridized carbons (Fsp3) is 0.533. The molecule has 3 rings (SSSR count). The Morgan fingerprint density at radius 2 is 1.85 bits per heavy atom. The first kappa shape index (κ1) is 13.1. The lowest BCUT2D eigenvalue weighted by Crippen LogP contribution is -2.39. The topological polar surface area (TPSA) is 48.0 Å². The minimum absolute atomic E-state index is 0.263. The Labute approximate surface area is 118 Å². The summed E-state index contributed by atoms with van der Waals surface area (Å²) < 4.78 is 16.2. The van der Waals surface area contributed by atoms with E-state index in [1.807, 2.05) is 32.9 Å². The highest BCUT2D eigenvalue weighted by Crippen LogP contribution is 2.36. The molecule has 5 nitrogen and oxygen atoms in total. The van der Waals surface area contributed by atoms with Crippen molar-refractivity contribution in [2.24, 2.45) is 0 Å². The van der Waals surface area contributed by atoms with Gasteiger partial charge in [-0.1, -0.05) is 0 Å². The van der Waals surface area contributed by atoms with Gasteiger partial charge in [0.15, 0.2) is 11.5 Å². The van der Waals surface area contributed by atoms with Crippen molar-refractivity contribution in [1.29, 1.82) is 0 Å². The summed E-state index contributed by atoms with van der Waals surface area (Å²) in [7, 11) is 0. The van der Waals surface area contributed by atoms with E-state index >= 15 is 0 Å². The summed E-state index contributed by atoms with van der Waals surface area (Å²) in [5, 5.41) is 0. The molecule has 20 heavy (non-hydrogen) atoms. The summed E-state index contributed by atoms with van der Waals surface area (Å²) in [5.74, 6) is 1.56. The van der Waals surface area contributed by atoms with E-state index < -0.39 is 5.60 Å². The summed E-state index contributed by atoms with van der Waals surface area (Å²) >= 11 is 0. The molecule has 0 fully saturated rings. The Balaban J connectivity index is 1.77. The summed E-state index contributed by atoms with van der Waals surface area (Å²) in [5.41, 5.74) is 1.85. The number of benzene rings is 1. The van der Waals surface area contributed by atoms with Gasteiger partial charge in [0.2, 0.25) is 6.79 Å². The predicted molar refractivity (Wildman–Crippen MR) is 72.9 cm³/mol. The van der Waals surface area contributed by atoms with Crippen LogP contribution in [0.15, 0.2) is 12.1 Å². The van der Waals surface area contributed by atoms with Crippen LogP contribution in [-0.2, 0) is 17.7 Å². The summed E-state index contributed by atoms with van der Waals surface area (Å²) in [6.45, 7) is 7.12. The molecule has 0 aliphatic carbocycles. The van der Waals surface area contributed by atoms with E-state index in [1.165, 1.54) is 5.56 Å². The minimum atomic E-state index is -0.466. The van der Waals surface area contributed by atoms with Gasteiger partial charge in [-0.25, -0.2) is 4.79 Å². The van der Waals surface area contributed by atoms with E-state index in [1.54, 1.807) is 4.90 Å². The van der Waals surface area contributed by atoms with E-state index in [4.69, 9.17) is 14.2 Å². The molecule has 2 aliphatic heterocycles. The van der Waals surface area contributed by atoms with Crippen molar-refractivity contribution in [3.05, 3.63) is 23.3 Å². The largest absolute Gasteiger partial charge is 0.454 e. The lowest BCUT2D eigenvalue weighted by atomic mass is 9.99. The molecule has 5 heteroatoms. The van der Waals surface area contributed by atoms with Gasteiger partial charge >= 0.3 is 6.09 Å². The number of carbonyl (C=O) groups is 1. The molecule has 0 spiro atoms. The smallest absolute Gasteiger partial charge is 0.410 e. The highest BCUT2D eigenvalue weighted by Gasteiger charge is 2.27. The first-order valence-electron chi connectivity index (χ1n) is 6.82. The van der Waals surface area contributed by atoms with Crippen molar-refractivity contribution in [2.45, 2.75) is 39.3 Å². The molecule has 0 radical (unpaired) electrons. The fourth-order valence-corrected chi connectivity index (χ4v) is 2.43. The Bertz CT molecular complexity index is 548. The highest BCUT2D eigenvalue weighted by atomic mass is 16.7. The zero-order valence-corrected chi connectivity index (χ0v) is 12.1. The van der Waals surface area contributed by atoms with Crippen LogP contribution in [0.3, 0.4) is 0 Å². The van der Waals surface area contributed by atoms with E-state index in [2.05, 4.69) is 0 Å². The number of amides is 1. The molecule has 1 amide bonds. The number of hydrogen-bond donors (Lipinski definition) is 0. The van der Waals surface area contributed by atoms with Crippen LogP contribution in [0.25, 0.3) is 0 Å². The Morgan fingerprint density at radius 3 is 2.50 bits per heavy atom. The molecule has 0 N–H and O–H groups in total. The standard InChI is InChI=1S/C15H19NO4/c1-15(2,3)20-14(17)16-5-4-10-6-12-13(19-9-18-12)7-11(10)8-16/h6-7H,4-5,8-9H2,1-3H3. The van der Waals surface area contributed by atoms with Crippen molar-refractivity contribution >= 4 is 6.09 Å². The van der Waals surface area contributed by atoms with Crippen LogP contribution in [-0.4, -0.2) is 29.9 Å². The number of fused-ring (bicyclic) bond motifs is 2. The lowest BCUT2D eigenvalue weighted by molar-refractivity contribution is 0.0224. The van der Waals surface area contributed by atoms with Crippen molar-refractivity contribution in [1.82, 2.24) is 4.90 Å². The van der Waals surface area contributed by atoms with Gasteiger partial charge in [-0.15, -0.1) is 0 Å². The van der Waals surface area contributed by atoms with Gasteiger partial charge in [0.05, 0.1) is 0 Å². The third-order valence-electron chi connectivity index (χ3n) is 3.36. The molecule has 1 aromatic carbocycles. The Kier molecular flexibility index (Phi) is 3.00. The van der Waals surface area contributed by atoms with Crippen molar-refractivity contribution in [3.8, 4) is 11.5 Å². The number of rotatable bonds is 0. The number of nitrogens with zero attached hydrogens (tertiary/aromatic N) is 1. The summed E-state index contributed by atoms with van der Waals surface area (Å²) in [4.78, 5) is 13.8. The highest BCUT2D eigenvalue weighted by molar-refractivity contribution is 5.69. The molecular weight excluding hydrogens is 258 g/mol. The first-order valence-corrected chi connectivity index (χ1v) is 6.82. The molecule has 0 saturated carbocycles. The lowest BCUT2D eigenvalue weighted by Gasteiger charge is -2.31. The van der Waals surface area contributed by atoms with Gasteiger partial charge in [0, 0.05) is 13.1 Å². The van der Waals surface area contributed by atoms with Gasteiger partial charge in [-0.05, 0) is 50.5 Å². The fourth-order valence-electron chi connectivity index (χ4n) is 2.43. The summed E-state index contributed by atoms with van der Waals surface area (Å²) in [6.07, 6.45) is 0.548. The quantitative estimate of drug-likeness (QED) is 0.731. The maximum absolute atomic E-state index is 12.1. The number of carbonyl (C=O) groups excluding carboxylic acids is 1. The molecular formula is C15H19NO4. The average molecular weight is 277 g/mol. The average Bonchev–Trinajstić information content (AvgIpc) is 2.80. The van der Waals surface area contributed by atoms with Gasteiger partial charge < -0.3 is 19.1 Å². The van der Waals surface area contributed by atoms with Crippen LogP contribution in [0.2, 0.25) is 0 Å².